The Labute approximate surface area is 258 Å². The summed E-state index contributed by atoms with van der Waals surface area (Å²) in [4.78, 5) is 82.2. The van der Waals surface area contributed by atoms with E-state index in [0.29, 0.717) is 23.5 Å². The molecule has 0 spiro atoms. The standard InChI is InChI=1S/C23H21N6O9PS4/c30-10-24-22-25-13(9-41-22)15(28-38-5-6-39(35,36)37)18(31)27-16-19(32)29-17(21(33)34)11(7-40-20(16)29)8-42-23-26-12-3-1-2-4-14(12)43-23/h1-4,9-10,16,20H,5-8H2,(H,27,31)(H,33,34)(H,24,25,30)(H2,35,36,37)/b28-15+/t16?,20-/m1/s1. The smallest absolute Gasteiger partial charge is 0.352 e. The average Bonchev–Trinajstić information content (AvgIpc) is 3.60. The highest BCUT2D eigenvalue weighted by Gasteiger charge is 2.54. The van der Waals surface area contributed by atoms with E-state index in [1.807, 2.05) is 24.3 Å². The van der Waals surface area contributed by atoms with E-state index >= 15 is 0 Å². The minimum Gasteiger partial charge on any atom is -0.477 e. The van der Waals surface area contributed by atoms with Gasteiger partial charge in [0.1, 0.15) is 29.4 Å². The lowest BCUT2D eigenvalue weighted by molar-refractivity contribution is -0.150. The molecule has 0 bridgehead atoms. The number of hydrogen-bond acceptors (Lipinski definition) is 13. The minimum atomic E-state index is -4.39. The molecule has 15 nitrogen and oxygen atoms in total. The number of β-lactam (4-membered cyclic amide) rings is 1. The maximum Gasteiger partial charge on any atom is 0.352 e. The summed E-state index contributed by atoms with van der Waals surface area (Å²) in [6, 6.07) is 6.56. The number of carbonyl (C=O) groups excluding carboxylic acids is 3. The topological polar surface area (TPSA) is 221 Å². The quantitative estimate of drug-likeness (QED) is 0.0330. The molecule has 43 heavy (non-hydrogen) atoms. The van der Waals surface area contributed by atoms with Gasteiger partial charge in [0.05, 0.1) is 16.4 Å². The van der Waals surface area contributed by atoms with Gasteiger partial charge >= 0.3 is 13.6 Å². The van der Waals surface area contributed by atoms with Crippen LogP contribution >= 0.6 is 53.8 Å². The first-order valence-corrected chi connectivity index (χ1v) is 17.7. The molecule has 20 heteroatoms. The van der Waals surface area contributed by atoms with E-state index in [4.69, 9.17) is 14.6 Å². The SMILES string of the molecule is O=CNc1nc(/C(=N\OCCP(=O)(O)O)C(=O)NC2C(=O)N3C(C(=O)O)=C(CSc4nc5ccccc5s4)CS[C@H]23)cs1. The van der Waals surface area contributed by atoms with Crippen LogP contribution in [0.5, 0.6) is 0 Å². The number of aliphatic carboxylic acids is 1. The zero-order chi connectivity index (χ0) is 30.7. The lowest BCUT2D eigenvalue weighted by Gasteiger charge is -2.49. The van der Waals surface area contributed by atoms with Crippen molar-refractivity contribution < 1.29 is 43.5 Å². The fourth-order valence-corrected chi connectivity index (χ4v) is 8.57. The molecule has 2 aliphatic heterocycles. The number of rotatable bonds is 13. The number of carboxylic acids is 1. The fraction of sp³-hybridized carbons (Fsp3) is 0.261. The largest absolute Gasteiger partial charge is 0.477 e. The Morgan fingerprint density at radius 1 is 1.28 bits per heavy atom. The normalized spacial score (nSPS) is 18.7. The first kappa shape index (κ1) is 31.1. The summed E-state index contributed by atoms with van der Waals surface area (Å²) in [5.41, 5.74) is 0.834. The van der Waals surface area contributed by atoms with E-state index in [2.05, 4.69) is 25.8 Å². The first-order valence-electron chi connectivity index (χ1n) is 12.2. The Balaban J connectivity index is 1.29. The molecule has 226 valence electrons. The Morgan fingerprint density at radius 2 is 2.07 bits per heavy atom. The molecule has 5 N–H and O–H groups in total. The molecule has 1 saturated heterocycles. The fourth-order valence-electron chi connectivity index (χ4n) is 4.04. The summed E-state index contributed by atoms with van der Waals surface area (Å²) in [5.74, 6) is -2.17. The van der Waals surface area contributed by atoms with Crippen LogP contribution in [0.25, 0.3) is 10.2 Å². The molecular formula is C23H21N6O9PS4. The third-order valence-electron chi connectivity index (χ3n) is 5.95. The van der Waals surface area contributed by atoms with Gasteiger partial charge in [-0.25, -0.2) is 14.8 Å². The van der Waals surface area contributed by atoms with Crippen LogP contribution in [-0.2, 0) is 28.6 Å². The predicted octanol–water partition coefficient (Wildman–Crippen LogP) is 1.75. The zero-order valence-corrected chi connectivity index (χ0v) is 25.8. The molecule has 0 aliphatic carbocycles. The number of amides is 3. The van der Waals surface area contributed by atoms with Crippen molar-refractivity contribution in [2.45, 2.75) is 15.8 Å². The number of oxime groups is 1. The maximum absolute atomic E-state index is 13.2. The highest BCUT2D eigenvalue weighted by atomic mass is 32.2. The van der Waals surface area contributed by atoms with Gasteiger partial charge in [-0.1, -0.05) is 29.1 Å². The van der Waals surface area contributed by atoms with E-state index in [1.54, 1.807) is 0 Å². The van der Waals surface area contributed by atoms with Gasteiger partial charge in [0.25, 0.3) is 11.8 Å². The van der Waals surface area contributed by atoms with Crippen molar-refractivity contribution in [3.8, 4) is 0 Å². The molecule has 1 fully saturated rings. The van der Waals surface area contributed by atoms with Gasteiger partial charge in [-0.2, -0.15) is 0 Å². The van der Waals surface area contributed by atoms with Gasteiger partial charge < -0.3 is 30.4 Å². The number of benzene rings is 1. The molecule has 2 aromatic heterocycles. The average molecular weight is 685 g/mol. The van der Waals surface area contributed by atoms with Gasteiger partial charge in [-0.05, 0) is 17.7 Å². The van der Waals surface area contributed by atoms with E-state index in [-0.39, 0.29) is 16.5 Å². The Bertz CT molecular complexity index is 1670. The van der Waals surface area contributed by atoms with E-state index < -0.39 is 55.3 Å². The number of thioether (sulfide) groups is 2. The second-order valence-corrected chi connectivity index (χ2v) is 14.8. The summed E-state index contributed by atoms with van der Waals surface area (Å²) >= 11 is 5.15. The van der Waals surface area contributed by atoms with Gasteiger partial charge in [-0.3, -0.25) is 23.8 Å². The van der Waals surface area contributed by atoms with Crippen LogP contribution in [-0.4, -0.2) is 95.4 Å². The van der Waals surface area contributed by atoms with Crippen LogP contribution in [0.15, 0.2) is 50.4 Å². The summed E-state index contributed by atoms with van der Waals surface area (Å²) in [5, 5.41) is 19.4. The number of para-hydroxylation sites is 1. The Hall–Kier alpha value is -3.32. The number of aromatic nitrogens is 2. The summed E-state index contributed by atoms with van der Waals surface area (Å²) in [7, 11) is -4.39. The molecule has 1 unspecified atom stereocenters. The van der Waals surface area contributed by atoms with Gasteiger partial charge in [-0.15, -0.1) is 34.4 Å². The van der Waals surface area contributed by atoms with Crippen LogP contribution in [0.1, 0.15) is 5.69 Å². The lowest BCUT2D eigenvalue weighted by atomic mass is 10.0. The van der Waals surface area contributed by atoms with E-state index in [9.17, 15) is 28.8 Å². The molecule has 2 atom stereocenters. The number of nitrogens with zero attached hydrogens (tertiary/aromatic N) is 4. The van der Waals surface area contributed by atoms with Crippen molar-refractivity contribution in [2.24, 2.45) is 5.16 Å². The molecule has 2 aliphatic rings. The third-order valence-corrected chi connectivity index (χ3v) is 11.1. The van der Waals surface area contributed by atoms with Crippen LogP contribution < -0.4 is 10.6 Å². The number of carbonyl (C=O) groups is 4. The van der Waals surface area contributed by atoms with E-state index in [0.717, 1.165) is 30.8 Å². The lowest BCUT2D eigenvalue weighted by Crippen LogP contribution is -2.71. The molecule has 5 rings (SSSR count). The third kappa shape index (κ3) is 7.09. The summed E-state index contributed by atoms with van der Waals surface area (Å²) in [6.07, 6.45) is -0.267. The van der Waals surface area contributed by atoms with Gasteiger partial charge in [0.2, 0.25) is 6.41 Å². The highest BCUT2D eigenvalue weighted by Crippen LogP contribution is 2.42. The number of hydrogen-bond donors (Lipinski definition) is 5. The summed E-state index contributed by atoms with van der Waals surface area (Å²) < 4.78 is 12.9. The number of nitrogens with one attached hydrogen (secondary N) is 2. The van der Waals surface area contributed by atoms with Crippen LogP contribution in [0.4, 0.5) is 5.13 Å². The molecule has 3 aromatic rings. The van der Waals surface area contributed by atoms with E-state index in [1.165, 1.54) is 40.2 Å². The zero-order valence-electron chi connectivity index (χ0n) is 21.6. The number of anilines is 1. The minimum absolute atomic E-state index is 0.0248. The van der Waals surface area contributed by atoms with Crippen molar-refractivity contribution in [3.05, 3.63) is 46.6 Å². The van der Waals surface area contributed by atoms with Crippen molar-refractivity contribution >= 4 is 99.0 Å². The van der Waals surface area contributed by atoms with Gasteiger partial charge in [0, 0.05) is 16.9 Å². The Morgan fingerprint density at radius 3 is 2.79 bits per heavy atom. The number of thiazole rings is 2. The highest BCUT2D eigenvalue weighted by molar-refractivity contribution is 8.02. The maximum atomic E-state index is 13.2. The van der Waals surface area contributed by atoms with Crippen LogP contribution in [0.3, 0.4) is 0 Å². The number of carboxylic acid groups (broad SMARTS) is 1. The molecule has 4 heterocycles. The molecule has 3 amide bonds. The van der Waals surface area contributed by atoms with Gasteiger partial charge in [0.15, 0.2) is 15.2 Å². The Kier molecular flexibility index (Phi) is 9.50. The molecule has 0 radical (unpaired) electrons. The first-order chi connectivity index (χ1) is 20.6. The van der Waals surface area contributed by atoms with Crippen molar-refractivity contribution in [2.75, 3.05) is 29.6 Å². The number of fused-ring (bicyclic) bond motifs is 2. The van der Waals surface area contributed by atoms with Crippen molar-refractivity contribution in [1.82, 2.24) is 20.2 Å². The molecular weight excluding hydrogens is 664 g/mol. The molecule has 1 aromatic carbocycles. The van der Waals surface area contributed by atoms with Crippen LogP contribution in [0.2, 0.25) is 0 Å². The van der Waals surface area contributed by atoms with Crippen molar-refractivity contribution in [3.63, 3.8) is 0 Å². The van der Waals surface area contributed by atoms with Crippen LogP contribution in [0, 0.1) is 0 Å². The predicted molar refractivity (Wildman–Crippen MR) is 161 cm³/mol. The molecule has 0 saturated carbocycles. The second kappa shape index (κ2) is 13.1. The second-order valence-electron chi connectivity index (χ2n) is 8.82. The monoisotopic (exact) mass is 684 g/mol. The summed E-state index contributed by atoms with van der Waals surface area (Å²) in [6.45, 7) is -0.510. The van der Waals surface area contributed by atoms with Crippen molar-refractivity contribution in [1.29, 1.82) is 0 Å².